The molecule has 0 radical (unpaired) electrons. The minimum absolute atomic E-state index is 0.568. The molecule has 0 spiro atoms. The quantitative estimate of drug-likeness (QED) is 0.790. The van der Waals surface area contributed by atoms with Crippen LogP contribution in [0.4, 0.5) is 11.5 Å². The average Bonchev–Trinajstić information content (AvgIpc) is 2.41. The molecule has 0 aliphatic heterocycles. The van der Waals surface area contributed by atoms with Crippen LogP contribution in [0.5, 0.6) is 0 Å². The van der Waals surface area contributed by atoms with Gasteiger partial charge in [0.1, 0.15) is 5.82 Å². The number of rotatable bonds is 2. The standard InChI is InChI=1S/C15H19N3/c16-14-8-4-7-13-12(14)9-10-17-15(13)18-11-5-2-1-3-6-11/h4,7-11H,1-3,5-6,16H2,(H,17,18). The number of nitrogens with one attached hydrogen (secondary N) is 1. The molecule has 0 saturated heterocycles. The highest BCUT2D eigenvalue weighted by molar-refractivity contribution is 5.99. The number of pyridine rings is 1. The molecule has 94 valence electrons. The Morgan fingerprint density at radius 3 is 2.72 bits per heavy atom. The number of nitrogens with two attached hydrogens (primary N) is 1. The number of hydrogen-bond donors (Lipinski definition) is 2. The molecule has 1 heterocycles. The summed E-state index contributed by atoms with van der Waals surface area (Å²) in [6.45, 7) is 0. The summed E-state index contributed by atoms with van der Waals surface area (Å²) in [5, 5.41) is 5.80. The van der Waals surface area contributed by atoms with Crippen molar-refractivity contribution in [3.8, 4) is 0 Å². The van der Waals surface area contributed by atoms with Crippen LogP contribution in [-0.2, 0) is 0 Å². The molecule has 1 fully saturated rings. The Kier molecular flexibility index (Phi) is 3.05. The van der Waals surface area contributed by atoms with Gasteiger partial charge in [-0.05, 0) is 25.0 Å². The second-order valence-corrected chi connectivity index (χ2v) is 5.08. The molecule has 3 nitrogen and oxygen atoms in total. The minimum atomic E-state index is 0.568. The van der Waals surface area contributed by atoms with Gasteiger partial charge in [0.2, 0.25) is 0 Å². The molecular formula is C15H19N3. The van der Waals surface area contributed by atoms with Crippen LogP contribution in [0, 0.1) is 0 Å². The van der Waals surface area contributed by atoms with E-state index in [4.69, 9.17) is 5.73 Å². The predicted octanol–water partition coefficient (Wildman–Crippen LogP) is 3.56. The summed E-state index contributed by atoms with van der Waals surface area (Å²) in [5.41, 5.74) is 6.82. The zero-order chi connectivity index (χ0) is 12.4. The first-order valence-electron chi connectivity index (χ1n) is 6.74. The van der Waals surface area contributed by atoms with Crippen molar-refractivity contribution in [3.05, 3.63) is 30.5 Å². The largest absolute Gasteiger partial charge is 0.398 e. The molecule has 0 unspecified atom stereocenters. The monoisotopic (exact) mass is 241 g/mol. The lowest BCUT2D eigenvalue weighted by atomic mass is 9.95. The summed E-state index contributed by atoms with van der Waals surface area (Å²) in [7, 11) is 0. The Bertz CT molecular complexity index is 544. The minimum Gasteiger partial charge on any atom is -0.398 e. The van der Waals surface area contributed by atoms with Gasteiger partial charge in [-0.3, -0.25) is 0 Å². The van der Waals surface area contributed by atoms with E-state index in [-0.39, 0.29) is 0 Å². The van der Waals surface area contributed by atoms with Gasteiger partial charge in [0.25, 0.3) is 0 Å². The zero-order valence-corrected chi connectivity index (χ0v) is 10.5. The summed E-state index contributed by atoms with van der Waals surface area (Å²) >= 11 is 0. The van der Waals surface area contributed by atoms with E-state index < -0.39 is 0 Å². The Morgan fingerprint density at radius 1 is 1.06 bits per heavy atom. The van der Waals surface area contributed by atoms with E-state index in [1.165, 1.54) is 32.1 Å². The molecule has 0 bridgehead atoms. The fourth-order valence-electron chi connectivity index (χ4n) is 2.79. The van der Waals surface area contributed by atoms with Gasteiger partial charge < -0.3 is 11.1 Å². The van der Waals surface area contributed by atoms with Crippen LogP contribution in [0.1, 0.15) is 32.1 Å². The van der Waals surface area contributed by atoms with E-state index in [0.717, 1.165) is 22.3 Å². The molecule has 18 heavy (non-hydrogen) atoms. The topological polar surface area (TPSA) is 50.9 Å². The van der Waals surface area contributed by atoms with Gasteiger partial charge in [-0.1, -0.05) is 31.4 Å². The van der Waals surface area contributed by atoms with Crippen molar-refractivity contribution in [1.82, 2.24) is 4.98 Å². The molecule has 1 aromatic carbocycles. The fraction of sp³-hybridized carbons (Fsp3) is 0.400. The first kappa shape index (κ1) is 11.3. The molecule has 2 aromatic rings. The normalized spacial score (nSPS) is 16.9. The highest BCUT2D eigenvalue weighted by Crippen LogP contribution is 2.28. The van der Waals surface area contributed by atoms with Crippen molar-refractivity contribution in [1.29, 1.82) is 0 Å². The van der Waals surface area contributed by atoms with Gasteiger partial charge in [0.05, 0.1) is 0 Å². The number of fused-ring (bicyclic) bond motifs is 1. The Hall–Kier alpha value is -1.77. The molecule has 3 N–H and O–H groups in total. The van der Waals surface area contributed by atoms with Crippen LogP contribution in [-0.4, -0.2) is 11.0 Å². The summed E-state index contributed by atoms with van der Waals surface area (Å²) < 4.78 is 0. The second-order valence-electron chi connectivity index (χ2n) is 5.08. The van der Waals surface area contributed by atoms with E-state index in [0.29, 0.717) is 6.04 Å². The number of nitrogens with zero attached hydrogens (tertiary/aromatic N) is 1. The summed E-state index contributed by atoms with van der Waals surface area (Å²) in [4.78, 5) is 4.48. The van der Waals surface area contributed by atoms with Crippen LogP contribution in [0.15, 0.2) is 30.5 Å². The molecule has 1 aliphatic rings. The van der Waals surface area contributed by atoms with E-state index >= 15 is 0 Å². The maximum absolute atomic E-state index is 6.00. The zero-order valence-electron chi connectivity index (χ0n) is 10.5. The summed E-state index contributed by atoms with van der Waals surface area (Å²) in [6, 6.07) is 8.57. The number of anilines is 2. The molecular weight excluding hydrogens is 222 g/mol. The van der Waals surface area contributed by atoms with Crippen LogP contribution in [0.3, 0.4) is 0 Å². The number of aromatic nitrogens is 1. The van der Waals surface area contributed by atoms with Gasteiger partial charge in [-0.15, -0.1) is 0 Å². The van der Waals surface area contributed by atoms with Crippen LogP contribution < -0.4 is 11.1 Å². The van der Waals surface area contributed by atoms with Gasteiger partial charge in [0.15, 0.2) is 0 Å². The Balaban J connectivity index is 1.93. The average molecular weight is 241 g/mol. The third-order valence-electron chi connectivity index (χ3n) is 3.79. The molecule has 3 heteroatoms. The fourth-order valence-corrected chi connectivity index (χ4v) is 2.79. The Morgan fingerprint density at radius 2 is 1.89 bits per heavy atom. The molecule has 0 atom stereocenters. The van der Waals surface area contributed by atoms with Gasteiger partial charge in [0, 0.05) is 28.7 Å². The molecule has 1 aromatic heterocycles. The van der Waals surface area contributed by atoms with Crippen molar-refractivity contribution in [3.63, 3.8) is 0 Å². The van der Waals surface area contributed by atoms with Gasteiger partial charge >= 0.3 is 0 Å². The molecule has 3 rings (SSSR count). The molecule has 1 aliphatic carbocycles. The van der Waals surface area contributed by atoms with Crippen molar-refractivity contribution in [2.45, 2.75) is 38.1 Å². The van der Waals surface area contributed by atoms with Crippen molar-refractivity contribution in [2.24, 2.45) is 0 Å². The van der Waals surface area contributed by atoms with Crippen molar-refractivity contribution >= 4 is 22.3 Å². The van der Waals surface area contributed by atoms with E-state index in [9.17, 15) is 0 Å². The number of hydrogen-bond acceptors (Lipinski definition) is 3. The van der Waals surface area contributed by atoms with Crippen LogP contribution in [0.2, 0.25) is 0 Å². The number of nitrogen functional groups attached to an aromatic ring is 1. The van der Waals surface area contributed by atoms with Gasteiger partial charge in [-0.25, -0.2) is 4.98 Å². The van der Waals surface area contributed by atoms with E-state index in [1.807, 2.05) is 24.4 Å². The predicted molar refractivity (Wildman–Crippen MR) is 76.7 cm³/mol. The van der Waals surface area contributed by atoms with Crippen molar-refractivity contribution in [2.75, 3.05) is 11.1 Å². The maximum atomic E-state index is 6.00. The molecule has 1 saturated carbocycles. The third kappa shape index (κ3) is 2.13. The lowest BCUT2D eigenvalue weighted by molar-refractivity contribution is 0.462. The lowest BCUT2D eigenvalue weighted by Gasteiger charge is -2.24. The highest BCUT2D eigenvalue weighted by Gasteiger charge is 2.14. The van der Waals surface area contributed by atoms with E-state index in [2.05, 4.69) is 16.4 Å². The van der Waals surface area contributed by atoms with E-state index in [1.54, 1.807) is 0 Å². The van der Waals surface area contributed by atoms with Gasteiger partial charge in [-0.2, -0.15) is 0 Å². The summed E-state index contributed by atoms with van der Waals surface area (Å²) in [6.07, 6.45) is 8.36. The second kappa shape index (κ2) is 4.84. The first-order chi connectivity index (χ1) is 8.84. The van der Waals surface area contributed by atoms with Crippen LogP contribution >= 0.6 is 0 Å². The first-order valence-corrected chi connectivity index (χ1v) is 6.74. The number of benzene rings is 1. The van der Waals surface area contributed by atoms with Crippen molar-refractivity contribution < 1.29 is 0 Å². The maximum Gasteiger partial charge on any atom is 0.134 e. The van der Waals surface area contributed by atoms with Crippen LogP contribution in [0.25, 0.3) is 10.8 Å². The highest BCUT2D eigenvalue weighted by atomic mass is 15.0. The Labute approximate surface area is 107 Å². The summed E-state index contributed by atoms with van der Waals surface area (Å²) in [5.74, 6) is 0.978. The molecule has 0 amide bonds. The lowest BCUT2D eigenvalue weighted by Crippen LogP contribution is -2.22. The smallest absolute Gasteiger partial charge is 0.134 e. The third-order valence-corrected chi connectivity index (χ3v) is 3.79. The SMILES string of the molecule is Nc1cccc2c(NC3CCCCC3)nccc12.